The van der Waals surface area contributed by atoms with Crippen molar-refractivity contribution in [3.05, 3.63) is 188 Å². The maximum Gasteiger partial charge on any atom is 0.0547 e. The van der Waals surface area contributed by atoms with Gasteiger partial charge in [0, 0.05) is 47.8 Å². The molecule has 0 amide bonds. The molecule has 0 aliphatic rings. The Balaban J connectivity index is 1.31. The van der Waals surface area contributed by atoms with Crippen molar-refractivity contribution in [2.75, 3.05) is 0 Å². The number of nitrogens with zero attached hydrogens (tertiary/aromatic N) is 1. The Kier molecular flexibility index (Phi) is 6.75. The van der Waals surface area contributed by atoms with Crippen molar-refractivity contribution in [1.29, 1.82) is 0 Å². The van der Waals surface area contributed by atoms with E-state index in [1.165, 1.54) is 92.2 Å². The molecule has 0 saturated carbocycles. The summed E-state index contributed by atoms with van der Waals surface area (Å²) < 4.78 is 5.04. The molecular formula is C48H31NS. The van der Waals surface area contributed by atoms with Gasteiger partial charge in [-0.1, -0.05) is 140 Å². The van der Waals surface area contributed by atoms with Crippen LogP contribution in [0.2, 0.25) is 0 Å². The molecule has 234 valence electrons. The van der Waals surface area contributed by atoms with Crippen LogP contribution < -0.4 is 0 Å². The number of hydrogen-bond donors (Lipinski definition) is 0. The van der Waals surface area contributed by atoms with E-state index in [-0.39, 0.29) is 0 Å². The zero-order chi connectivity index (χ0) is 33.0. The molecule has 2 aromatic heterocycles. The van der Waals surface area contributed by atoms with Crippen molar-refractivity contribution in [3.8, 4) is 50.2 Å². The van der Waals surface area contributed by atoms with Crippen LogP contribution in [0.5, 0.6) is 0 Å². The normalized spacial score (nSPS) is 11.6. The minimum Gasteiger partial charge on any atom is -0.309 e. The second-order valence-electron chi connectivity index (χ2n) is 12.9. The van der Waals surface area contributed by atoms with Gasteiger partial charge < -0.3 is 4.57 Å². The molecule has 2 heteroatoms. The largest absolute Gasteiger partial charge is 0.309 e. The molecule has 0 radical (unpaired) electrons. The molecule has 8 aromatic carbocycles. The quantitative estimate of drug-likeness (QED) is 0.174. The summed E-state index contributed by atoms with van der Waals surface area (Å²) in [5.74, 6) is 0. The molecule has 0 saturated heterocycles. The third-order valence-corrected chi connectivity index (χ3v) is 11.3. The monoisotopic (exact) mass is 653 g/mol. The number of benzene rings is 8. The molecule has 0 aliphatic heterocycles. The average molecular weight is 654 g/mol. The maximum absolute atomic E-state index is 2.41. The van der Waals surface area contributed by atoms with Crippen LogP contribution in [-0.2, 0) is 0 Å². The van der Waals surface area contributed by atoms with Gasteiger partial charge >= 0.3 is 0 Å². The molecule has 10 rings (SSSR count). The van der Waals surface area contributed by atoms with Gasteiger partial charge in [0.2, 0.25) is 0 Å². The van der Waals surface area contributed by atoms with Gasteiger partial charge in [0.05, 0.1) is 11.0 Å². The Hall–Kier alpha value is -6.22. The van der Waals surface area contributed by atoms with Crippen LogP contribution in [0.4, 0.5) is 0 Å². The van der Waals surface area contributed by atoms with Gasteiger partial charge in [-0.05, 0) is 81.9 Å². The lowest BCUT2D eigenvalue weighted by Crippen LogP contribution is -1.93. The predicted octanol–water partition coefficient (Wildman–Crippen LogP) is 13.8. The molecule has 0 atom stereocenters. The van der Waals surface area contributed by atoms with Crippen molar-refractivity contribution in [2.24, 2.45) is 0 Å². The highest BCUT2D eigenvalue weighted by Crippen LogP contribution is 2.48. The molecule has 0 unspecified atom stereocenters. The summed E-state index contributed by atoms with van der Waals surface area (Å²) in [6.45, 7) is 0. The zero-order valence-corrected chi connectivity index (χ0v) is 28.1. The molecule has 0 N–H and O–H groups in total. The maximum atomic E-state index is 2.41. The number of hydrogen-bond acceptors (Lipinski definition) is 1. The Morgan fingerprint density at radius 1 is 0.300 bits per heavy atom. The number of para-hydroxylation sites is 2. The van der Waals surface area contributed by atoms with Gasteiger partial charge in [-0.2, -0.15) is 0 Å². The summed E-state index contributed by atoms with van der Waals surface area (Å²) in [7, 11) is 0. The van der Waals surface area contributed by atoms with E-state index < -0.39 is 0 Å². The van der Waals surface area contributed by atoms with E-state index in [1.54, 1.807) is 0 Å². The van der Waals surface area contributed by atoms with Crippen LogP contribution >= 0.6 is 11.3 Å². The Morgan fingerprint density at radius 3 is 1.38 bits per heavy atom. The summed E-state index contributed by atoms with van der Waals surface area (Å²) in [5.41, 5.74) is 13.5. The van der Waals surface area contributed by atoms with Crippen LogP contribution in [0.3, 0.4) is 0 Å². The van der Waals surface area contributed by atoms with E-state index >= 15 is 0 Å². The lowest BCUT2D eigenvalue weighted by atomic mass is 9.93. The van der Waals surface area contributed by atoms with Gasteiger partial charge in [-0.25, -0.2) is 0 Å². The van der Waals surface area contributed by atoms with Crippen molar-refractivity contribution in [3.63, 3.8) is 0 Å². The van der Waals surface area contributed by atoms with E-state index in [2.05, 4.69) is 193 Å². The van der Waals surface area contributed by atoms with Gasteiger partial charge in [-0.3, -0.25) is 0 Å². The van der Waals surface area contributed by atoms with Gasteiger partial charge in [0.25, 0.3) is 0 Å². The summed E-state index contributed by atoms with van der Waals surface area (Å²) in [5, 5.41) is 5.12. The lowest BCUT2D eigenvalue weighted by molar-refractivity contribution is 1.18. The first-order valence-electron chi connectivity index (χ1n) is 17.1. The summed E-state index contributed by atoms with van der Waals surface area (Å²) in [4.78, 5) is 0. The Bertz CT molecular complexity index is 2830. The van der Waals surface area contributed by atoms with E-state index in [9.17, 15) is 0 Å². The highest BCUT2D eigenvalue weighted by atomic mass is 32.1. The molecule has 10 aromatic rings. The predicted molar refractivity (Wildman–Crippen MR) is 215 cm³/mol. The third-order valence-electron chi connectivity index (χ3n) is 9.97. The number of rotatable bonds is 5. The van der Waals surface area contributed by atoms with Gasteiger partial charge in [-0.15, -0.1) is 11.3 Å². The molecule has 50 heavy (non-hydrogen) atoms. The van der Waals surface area contributed by atoms with Crippen LogP contribution in [-0.4, -0.2) is 4.57 Å². The van der Waals surface area contributed by atoms with E-state index in [0.29, 0.717) is 0 Å². The minimum absolute atomic E-state index is 1.17. The van der Waals surface area contributed by atoms with Crippen molar-refractivity contribution >= 4 is 53.3 Å². The number of aromatic nitrogens is 1. The highest BCUT2D eigenvalue weighted by molar-refractivity contribution is 7.27. The standard InChI is InChI=1S/C48H31NS/c1-5-15-32(16-6-1)36-27-41(34-19-9-3-10-20-34)47-43(29-36)44-30-37(33-17-7-2-8-18-33)28-42(48(44)50-47)35-25-26-40-39-23-13-14-24-45(39)49(46(40)31-35)38-21-11-4-12-22-38/h1-31H. The van der Waals surface area contributed by atoms with Crippen LogP contribution in [0.1, 0.15) is 0 Å². The smallest absolute Gasteiger partial charge is 0.0547 e. The van der Waals surface area contributed by atoms with Crippen molar-refractivity contribution in [2.45, 2.75) is 0 Å². The van der Waals surface area contributed by atoms with E-state index in [0.717, 1.165) is 0 Å². The summed E-state index contributed by atoms with van der Waals surface area (Å²) >= 11 is 1.92. The molecule has 1 nitrogen and oxygen atoms in total. The zero-order valence-electron chi connectivity index (χ0n) is 27.3. The minimum atomic E-state index is 1.17. The third kappa shape index (κ3) is 4.69. The van der Waals surface area contributed by atoms with Gasteiger partial charge in [0.1, 0.15) is 0 Å². The van der Waals surface area contributed by atoms with Crippen LogP contribution in [0.15, 0.2) is 188 Å². The molecule has 0 spiro atoms. The Labute approximate surface area is 295 Å². The van der Waals surface area contributed by atoms with Gasteiger partial charge in [0.15, 0.2) is 0 Å². The first-order valence-corrected chi connectivity index (χ1v) is 17.9. The topological polar surface area (TPSA) is 4.93 Å². The van der Waals surface area contributed by atoms with Crippen LogP contribution in [0.25, 0.3) is 92.2 Å². The van der Waals surface area contributed by atoms with Crippen molar-refractivity contribution < 1.29 is 0 Å². The number of fused-ring (bicyclic) bond motifs is 6. The highest BCUT2D eigenvalue weighted by Gasteiger charge is 2.19. The molecular weight excluding hydrogens is 623 g/mol. The van der Waals surface area contributed by atoms with E-state index in [4.69, 9.17) is 0 Å². The summed E-state index contributed by atoms with van der Waals surface area (Å²) in [6, 6.07) is 68.6. The summed E-state index contributed by atoms with van der Waals surface area (Å²) in [6.07, 6.45) is 0. The fraction of sp³-hybridized carbons (Fsp3) is 0. The first-order chi connectivity index (χ1) is 24.8. The molecule has 0 fully saturated rings. The second-order valence-corrected chi connectivity index (χ2v) is 13.9. The van der Waals surface area contributed by atoms with E-state index in [1.807, 2.05) is 11.3 Å². The van der Waals surface area contributed by atoms with Crippen molar-refractivity contribution in [1.82, 2.24) is 4.57 Å². The molecule has 0 aliphatic carbocycles. The molecule has 2 heterocycles. The number of thiophene rings is 1. The molecule has 0 bridgehead atoms. The second kappa shape index (κ2) is 11.7. The average Bonchev–Trinajstić information content (AvgIpc) is 3.74. The first kappa shape index (κ1) is 28.8. The lowest BCUT2D eigenvalue weighted by Gasteiger charge is -2.11. The SMILES string of the molecule is c1ccc(-c2cc(-c3ccccc3)c3sc4c(-c5ccc6c7ccccc7n(-c7ccccc7)c6c5)cc(-c5ccccc5)cc4c3c2)cc1. The Morgan fingerprint density at radius 2 is 0.780 bits per heavy atom. The fourth-order valence-corrected chi connectivity index (χ4v) is 8.95. The van der Waals surface area contributed by atoms with Crippen LogP contribution in [0, 0.1) is 0 Å². The fourth-order valence-electron chi connectivity index (χ4n) is 7.61.